The van der Waals surface area contributed by atoms with E-state index in [0.717, 1.165) is 50.1 Å². The minimum absolute atomic E-state index is 0.876. The summed E-state index contributed by atoms with van der Waals surface area (Å²) < 4.78 is 6.82. The zero-order valence-electron chi connectivity index (χ0n) is 27.3. The molecule has 0 unspecified atom stereocenters. The normalized spacial score (nSPS) is 11.6. The minimum Gasteiger partial charge on any atom is -0.455 e. The Morgan fingerprint density at radius 1 is 0.360 bits per heavy atom. The lowest BCUT2D eigenvalue weighted by Crippen LogP contribution is -2.11. The average Bonchev–Trinajstić information content (AvgIpc) is 3.58. The Kier molecular flexibility index (Phi) is 6.53. The van der Waals surface area contributed by atoms with Gasteiger partial charge in [0.25, 0.3) is 0 Å². The van der Waals surface area contributed by atoms with Gasteiger partial charge < -0.3 is 9.32 Å². The maximum Gasteiger partial charge on any atom is 0.145 e. The first-order valence-electron chi connectivity index (χ1n) is 17.1. The van der Waals surface area contributed by atoms with E-state index in [9.17, 15) is 0 Å². The summed E-state index contributed by atoms with van der Waals surface area (Å²) in [6.07, 6.45) is 0. The second-order valence-electron chi connectivity index (χ2n) is 12.9. The van der Waals surface area contributed by atoms with Crippen molar-refractivity contribution in [3.63, 3.8) is 0 Å². The highest BCUT2D eigenvalue weighted by Gasteiger charge is 2.23. The second-order valence-corrected chi connectivity index (χ2v) is 12.9. The van der Waals surface area contributed by atoms with E-state index >= 15 is 0 Å². The van der Waals surface area contributed by atoms with Gasteiger partial charge in [-0.25, -0.2) is 0 Å². The van der Waals surface area contributed by atoms with Gasteiger partial charge in [-0.3, -0.25) is 0 Å². The Morgan fingerprint density at radius 3 is 1.80 bits per heavy atom. The third kappa shape index (κ3) is 4.57. The Morgan fingerprint density at radius 2 is 0.980 bits per heavy atom. The van der Waals surface area contributed by atoms with Gasteiger partial charge in [0.15, 0.2) is 0 Å². The molecule has 0 spiro atoms. The van der Waals surface area contributed by atoms with E-state index in [-0.39, 0.29) is 0 Å². The van der Waals surface area contributed by atoms with Crippen LogP contribution in [0.4, 0.5) is 17.1 Å². The Bertz CT molecular complexity index is 2870. The quantitative estimate of drug-likeness (QED) is 0.187. The molecule has 50 heavy (non-hydrogen) atoms. The summed E-state index contributed by atoms with van der Waals surface area (Å²) in [5.41, 5.74) is 9.66. The van der Waals surface area contributed by atoms with Gasteiger partial charge >= 0.3 is 0 Å². The summed E-state index contributed by atoms with van der Waals surface area (Å²) in [5.74, 6) is 0. The van der Waals surface area contributed by atoms with Crippen molar-refractivity contribution in [2.24, 2.45) is 0 Å². The van der Waals surface area contributed by atoms with Gasteiger partial charge in [-0.15, -0.1) is 0 Å². The molecule has 0 aliphatic heterocycles. The molecule has 234 valence electrons. The van der Waals surface area contributed by atoms with E-state index in [2.05, 4.69) is 193 Å². The lowest BCUT2D eigenvalue weighted by Gasteiger charge is -2.28. The smallest absolute Gasteiger partial charge is 0.145 e. The van der Waals surface area contributed by atoms with Gasteiger partial charge in [-0.1, -0.05) is 146 Å². The zero-order chi connectivity index (χ0) is 33.0. The van der Waals surface area contributed by atoms with Gasteiger partial charge in [0.2, 0.25) is 0 Å². The molecule has 2 nitrogen and oxygen atoms in total. The summed E-state index contributed by atoms with van der Waals surface area (Å²) in [4.78, 5) is 2.41. The minimum atomic E-state index is 0.876. The first-order chi connectivity index (χ1) is 24.8. The molecule has 2 heteroatoms. The van der Waals surface area contributed by atoms with Crippen LogP contribution in [0.15, 0.2) is 192 Å². The summed E-state index contributed by atoms with van der Waals surface area (Å²) in [6.45, 7) is 0. The van der Waals surface area contributed by atoms with E-state index in [4.69, 9.17) is 4.42 Å². The van der Waals surface area contributed by atoms with Crippen LogP contribution in [0.2, 0.25) is 0 Å². The number of anilines is 3. The fourth-order valence-electron chi connectivity index (χ4n) is 7.65. The van der Waals surface area contributed by atoms with Crippen LogP contribution in [0.3, 0.4) is 0 Å². The van der Waals surface area contributed by atoms with E-state index in [1.54, 1.807) is 0 Å². The van der Waals surface area contributed by atoms with Gasteiger partial charge in [-0.2, -0.15) is 0 Å². The SMILES string of the molecule is c1ccc2cc(-c3ccc(N(c4cccc5ccccc45)c4ccc(-c5cccc6ccccc56)c5oc6ccccc6c45)cc3)ccc2c1. The number of furan rings is 1. The van der Waals surface area contributed by atoms with E-state index in [0.29, 0.717) is 0 Å². The van der Waals surface area contributed by atoms with Crippen molar-refractivity contribution in [2.75, 3.05) is 4.90 Å². The molecule has 0 atom stereocenters. The molecule has 0 radical (unpaired) electrons. The predicted octanol–water partition coefficient (Wildman–Crippen LogP) is 13.8. The fraction of sp³-hybridized carbons (Fsp3) is 0. The average molecular weight is 638 g/mol. The Balaban J connectivity index is 1.23. The maximum atomic E-state index is 6.82. The molecule has 1 aromatic heterocycles. The van der Waals surface area contributed by atoms with E-state index in [1.807, 2.05) is 0 Å². The summed E-state index contributed by atoms with van der Waals surface area (Å²) in [6, 6.07) is 67.5. The molecule has 0 aliphatic carbocycles. The molecular formula is C48H31NO. The second kappa shape index (κ2) is 11.5. The predicted molar refractivity (Wildman–Crippen MR) is 212 cm³/mol. The molecule has 1 heterocycles. The maximum absolute atomic E-state index is 6.82. The molecule has 0 fully saturated rings. The number of fused-ring (bicyclic) bond motifs is 6. The van der Waals surface area contributed by atoms with Crippen molar-refractivity contribution in [3.8, 4) is 22.3 Å². The highest BCUT2D eigenvalue weighted by molar-refractivity contribution is 6.19. The highest BCUT2D eigenvalue weighted by atomic mass is 16.3. The Labute approximate surface area is 290 Å². The summed E-state index contributed by atoms with van der Waals surface area (Å²) >= 11 is 0. The Hall–Kier alpha value is -6.64. The standard InChI is InChI=1S/C48H31NO/c1-2-14-36-31-37(24-23-32(36)11-1)33-25-27-38(28-26-33)49(44-21-10-16-35-13-4-6-18-40(35)44)45-30-29-42(41-20-9-15-34-12-3-5-17-39(34)41)48-47(45)43-19-7-8-22-46(43)50-48/h1-31H. The first-order valence-corrected chi connectivity index (χ1v) is 17.1. The number of rotatable bonds is 5. The third-order valence-corrected chi connectivity index (χ3v) is 10.0. The van der Waals surface area contributed by atoms with Crippen LogP contribution in [-0.2, 0) is 0 Å². The van der Waals surface area contributed by atoms with Crippen molar-refractivity contribution < 1.29 is 4.42 Å². The third-order valence-electron chi connectivity index (χ3n) is 10.0. The van der Waals surface area contributed by atoms with E-state index < -0.39 is 0 Å². The molecule has 0 saturated carbocycles. The largest absolute Gasteiger partial charge is 0.455 e. The van der Waals surface area contributed by atoms with Crippen molar-refractivity contribution in [3.05, 3.63) is 188 Å². The molecule has 10 aromatic rings. The van der Waals surface area contributed by atoms with Crippen LogP contribution in [0, 0.1) is 0 Å². The summed E-state index contributed by atoms with van der Waals surface area (Å²) in [7, 11) is 0. The number of hydrogen-bond donors (Lipinski definition) is 0. The lowest BCUT2D eigenvalue weighted by atomic mass is 9.95. The molecule has 0 bridgehead atoms. The van der Waals surface area contributed by atoms with E-state index in [1.165, 1.54) is 43.4 Å². The number of hydrogen-bond acceptors (Lipinski definition) is 2. The van der Waals surface area contributed by atoms with Crippen LogP contribution in [0.1, 0.15) is 0 Å². The van der Waals surface area contributed by atoms with Crippen LogP contribution in [0.25, 0.3) is 76.5 Å². The zero-order valence-corrected chi connectivity index (χ0v) is 27.3. The monoisotopic (exact) mass is 637 g/mol. The van der Waals surface area contributed by atoms with Crippen molar-refractivity contribution in [2.45, 2.75) is 0 Å². The molecule has 0 saturated heterocycles. The van der Waals surface area contributed by atoms with Crippen molar-refractivity contribution in [1.29, 1.82) is 0 Å². The molecule has 9 aromatic carbocycles. The topological polar surface area (TPSA) is 16.4 Å². The van der Waals surface area contributed by atoms with Crippen LogP contribution < -0.4 is 4.90 Å². The van der Waals surface area contributed by atoms with Gasteiger partial charge in [0, 0.05) is 22.0 Å². The van der Waals surface area contributed by atoms with Gasteiger partial charge in [-0.05, 0) is 86.1 Å². The first kappa shape index (κ1) is 28.4. The molecular weight excluding hydrogens is 607 g/mol. The molecule has 10 rings (SSSR count). The lowest BCUT2D eigenvalue weighted by molar-refractivity contribution is 0.670. The highest BCUT2D eigenvalue weighted by Crippen LogP contribution is 2.48. The number of benzene rings is 9. The summed E-state index contributed by atoms with van der Waals surface area (Å²) in [5, 5.41) is 9.48. The fourth-order valence-corrected chi connectivity index (χ4v) is 7.65. The van der Waals surface area contributed by atoms with Crippen LogP contribution in [-0.4, -0.2) is 0 Å². The van der Waals surface area contributed by atoms with Crippen LogP contribution in [0.5, 0.6) is 0 Å². The van der Waals surface area contributed by atoms with Crippen molar-refractivity contribution in [1.82, 2.24) is 0 Å². The van der Waals surface area contributed by atoms with Crippen molar-refractivity contribution >= 4 is 71.3 Å². The van der Waals surface area contributed by atoms with Gasteiger partial charge in [0.05, 0.1) is 16.8 Å². The molecule has 0 amide bonds. The number of para-hydroxylation sites is 1. The molecule has 0 aliphatic rings. The van der Waals surface area contributed by atoms with Crippen LogP contribution >= 0.6 is 0 Å². The van der Waals surface area contributed by atoms with Gasteiger partial charge in [0.1, 0.15) is 11.2 Å². The molecule has 0 N–H and O–H groups in total. The number of nitrogens with zero attached hydrogens (tertiary/aromatic N) is 1.